The second-order valence-corrected chi connectivity index (χ2v) is 7.12. The highest BCUT2D eigenvalue weighted by Crippen LogP contribution is 2.29. The van der Waals surface area contributed by atoms with Gasteiger partial charge in [-0.25, -0.2) is 13.1 Å². The maximum absolute atomic E-state index is 12.4. The highest BCUT2D eigenvalue weighted by atomic mass is 35.5. The van der Waals surface area contributed by atoms with Crippen molar-refractivity contribution < 1.29 is 17.9 Å². The van der Waals surface area contributed by atoms with Gasteiger partial charge >= 0.3 is 0 Å². The van der Waals surface area contributed by atoms with E-state index >= 15 is 0 Å². The van der Waals surface area contributed by atoms with E-state index in [1.165, 1.54) is 26.4 Å². The molecule has 23 heavy (non-hydrogen) atoms. The van der Waals surface area contributed by atoms with E-state index in [0.717, 1.165) is 11.1 Å². The van der Waals surface area contributed by atoms with Crippen LogP contribution in [0, 0.1) is 6.92 Å². The van der Waals surface area contributed by atoms with Crippen molar-refractivity contribution in [1.82, 2.24) is 4.72 Å². The molecule has 5 nitrogen and oxygen atoms in total. The zero-order valence-electron chi connectivity index (χ0n) is 13.1. The largest absolute Gasteiger partial charge is 0.493 e. The average molecular weight is 356 g/mol. The van der Waals surface area contributed by atoms with Gasteiger partial charge in [-0.15, -0.1) is 0 Å². The van der Waals surface area contributed by atoms with Crippen LogP contribution in [0.25, 0.3) is 0 Å². The fraction of sp³-hybridized carbons (Fsp3) is 0.250. The third-order valence-corrected chi connectivity index (χ3v) is 5.06. The maximum atomic E-state index is 12.4. The lowest BCUT2D eigenvalue weighted by molar-refractivity contribution is 0.354. The first-order chi connectivity index (χ1) is 10.9. The number of nitrogens with one attached hydrogen (secondary N) is 1. The maximum Gasteiger partial charge on any atom is 0.241 e. The number of aryl methyl sites for hydroxylation is 1. The summed E-state index contributed by atoms with van der Waals surface area (Å²) in [5.41, 5.74) is 1.78. The van der Waals surface area contributed by atoms with Gasteiger partial charge < -0.3 is 9.47 Å². The van der Waals surface area contributed by atoms with Gasteiger partial charge in [-0.2, -0.15) is 0 Å². The highest BCUT2D eigenvalue weighted by molar-refractivity contribution is 7.89. The summed E-state index contributed by atoms with van der Waals surface area (Å²) in [5.74, 6) is 0.832. The van der Waals surface area contributed by atoms with E-state index in [1.54, 1.807) is 24.3 Å². The Morgan fingerprint density at radius 2 is 1.74 bits per heavy atom. The number of benzene rings is 2. The summed E-state index contributed by atoms with van der Waals surface area (Å²) >= 11 is 5.90. The third-order valence-electron chi connectivity index (χ3n) is 3.42. The molecule has 0 heterocycles. The molecule has 124 valence electrons. The van der Waals surface area contributed by atoms with Crippen LogP contribution in [0.4, 0.5) is 0 Å². The SMILES string of the molecule is COc1ccc(S(=O)(=O)NCc2ccc(Cl)cc2C)cc1OC. The van der Waals surface area contributed by atoms with Crippen LogP contribution in [0.15, 0.2) is 41.3 Å². The summed E-state index contributed by atoms with van der Waals surface area (Å²) in [5, 5.41) is 0.619. The number of methoxy groups -OCH3 is 2. The summed E-state index contributed by atoms with van der Waals surface area (Å²) in [7, 11) is -0.711. The molecule has 2 aromatic rings. The van der Waals surface area contributed by atoms with Gasteiger partial charge in [0, 0.05) is 17.6 Å². The highest BCUT2D eigenvalue weighted by Gasteiger charge is 2.17. The standard InChI is InChI=1S/C16H18ClNO4S/c1-11-8-13(17)5-4-12(11)10-18-23(19,20)14-6-7-15(21-2)16(9-14)22-3/h4-9,18H,10H2,1-3H3. The Balaban J connectivity index is 2.22. The number of hydrogen-bond acceptors (Lipinski definition) is 4. The molecule has 2 aromatic carbocycles. The molecular formula is C16H18ClNO4S. The normalized spacial score (nSPS) is 11.3. The fourth-order valence-corrected chi connectivity index (χ4v) is 3.35. The van der Waals surface area contributed by atoms with Gasteiger partial charge in [-0.3, -0.25) is 0 Å². The summed E-state index contributed by atoms with van der Waals surface area (Å²) < 4.78 is 37.7. The van der Waals surface area contributed by atoms with Crippen LogP contribution < -0.4 is 14.2 Å². The lowest BCUT2D eigenvalue weighted by Gasteiger charge is -2.12. The molecular weight excluding hydrogens is 338 g/mol. The third kappa shape index (κ3) is 4.16. The molecule has 0 amide bonds. The van der Waals surface area contributed by atoms with E-state index in [2.05, 4.69) is 4.72 Å². The Kier molecular flexibility index (Phi) is 5.51. The molecule has 0 fully saturated rings. The fourth-order valence-electron chi connectivity index (χ4n) is 2.10. The van der Waals surface area contributed by atoms with E-state index in [1.807, 2.05) is 6.92 Å². The van der Waals surface area contributed by atoms with Crippen LogP contribution >= 0.6 is 11.6 Å². The van der Waals surface area contributed by atoms with Gasteiger partial charge in [-0.1, -0.05) is 17.7 Å². The van der Waals surface area contributed by atoms with Gasteiger partial charge in [0.15, 0.2) is 11.5 Å². The number of sulfonamides is 1. The van der Waals surface area contributed by atoms with Gasteiger partial charge in [0.05, 0.1) is 19.1 Å². The molecule has 0 unspecified atom stereocenters. The Morgan fingerprint density at radius 3 is 2.35 bits per heavy atom. The molecule has 0 radical (unpaired) electrons. The molecule has 0 saturated carbocycles. The monoisotopic (exact) mass is 355 g/mol. The molecule has 2 rings (SSSR count). The Morgan fingerprint density at radius 1 is 1.04 bits per heavy atom. The molecule has 7 heteroatoms. The Labute approximate surface area is 141 Å². The van der Waals surface area contributed by atoms with E-state index in [-0.39, 0.29) is 11.4 Å². The van der Waals surface area contributed by atoms with Crippen molar-refractivity contribution in [3.63, 3.8) is 0 Å². The van der Waals surface area contributed by atoms with E-state index in [4.69, 9.17) is 21.1 Å². The molecule has 0 aromatic heterocycles. The zero-order valence-corrected chi connectivity index (χ0v) is 14.7. The van der Waals surface area contributed by atoms with Gasteiger partial charge in [0.2, 0.25) is 10.0 Å². The molecule has 0 aliphatic carbocycles. The Bertz CT molecular complexity index is 806. The lowest BCUT2D eigenvalue weighted by atomic mass is 10.1. The molecule has 0 saturated heterocycles. The Hall–Kier alpha value is -1.76. The minimum atomic E-state index is -3.66. The van der Waals surface area contributed by atoms with Gasteiger partial charge in [-0.05, 0) is 42.3 Å². The first kappa shape index (κ1) is 17.6. The molecule has 0 spiro atoms. The smallest absolute Gasteiger partial charge is 0.241 e. The summed E-state index contributed by atoms with van der Waals surface area (Å²) in [6.07, 6.45) is 0. The molecule has 0 bridgehead atoms. The number of hydrogen-bond donors (Lipinski definition) is 1. The molecule has 0 aliphatic rings. The van der Waals surface area contributed by atoms with E-state index < -0.39 is 10.0 Å². The predicted octanol–water partition coefficient (Wildman–Crippen LogP) is 3.14. The van der Waals surface area contributed by atoms with Crippen molar-refractivity contribution in [2.45, 2.75) is 18.4 Å². The summed E-state index contributed by atoms with van der Waals surface area (Å²) in [6.45, 7) is 2.06. The van der Waals surface area contributed by atoms with Crippen molar-refractivity contribution >= 4 is 21.6 Å². The van der Waals surface area contributed by atoms with Crippen LogP contribution in [0.1, 0.15) is 11.1 Å². The minimum Gasteiger partial charge on any atom is -0.493 e. The van der Waals surface area contributed by atoms with Crippen molar-refractivity contribution in [1.29, 1.82) is 0 Å². The summed E-state index contributed by atoms with van der Waals surface area (Å²) in [4.78, 5) is 0.113. The molecule has 0 aliphatic heterocycles. The molecule has 1 N–H and O–H groups in total. The van der Waals surface area contributed by atoms with Crippen molar-refractivity contribution in [2.75, 3.05) is 14.2 Å². The second-order valence-electron chi connectivity index (χ2n) is 4.91. The van der Waals surface area contributed by atoms with Crippen LogP contribution in [0.5, 0.6) is 11.5 Å². The lowest BCUT2D eigenvalue weighted by Crippen LogP contribution is -2.23. The summed E-state index contributed by atoms with van der Waals surface area (Å²) in [6, 6.07) is 9.78. The first-order valence-corrected chi connectivity index (χ1v) is 8.70. The van der Waals surface area contributed by atoms with Crippen LogP contribution in [-0.4, -0.2) is 22.6 Å². The van der Waals surface area contributed by atoms with Gasteiger partial charge in [0.25, 0.3) is 0 Å². The molecule has 0 atom stereocenters. The van der Waals surface area contributed by atoms with Crippen LogP contribution in [0.2, 0.25) is 5.02 Å². The van der Waals surface area contributed by atoms with E-state index in [9.17, 15) is 8.42 Å². The minimum absolute atomic E-state index is 0.113. The van der Waals surface area contributed by atoms with Crippen molar-refractivity contribution in [3.05, 3.63) is 52.5 Å². The van der Waals surface area contributed by atoms with Crippen LogP contribution in [0.3, 0.4) is 0 Å². The zero-order chi connectivity index (χ0) is 17.0. The van der Waals surface area contributed by atoms with E-state index in [0.29, 0.717) is 16.5 Å². The number of ether oxygens (including phenoxy) is 2. The quantitative estimate of drug-likeness (QED) is 0.864. The number of halogens is 1. The van der Waals surface area contributed by atoms with Crippen LogP contribution in [-0.2, 0) is 16.6 Å². The predicted molar refractivity (Wildman–Crippen MR) is 89.8 cm³/mol. The second kappa shape index (κ2) is 7.21. The van der Waals surface area contributed by atoms with Crippen molar-refractivity contribution in [2.24, 2.45) is 0 Å². The first-order valence-electron chi connectivity index (χ1n) is 6.84. The van der Waals surface area contributed by atoms with Crippen molar-refractivity contribution in [3.8, 4) is 11.5 Å². The average Bonchev–Trinajstić information content (AvgIpc) is 2.53. The topological polar surface area (TPSA) is 64.6 Å². The van der Waals surface area contributed by atoms with Gasteiger partial charge in [0.1, 0.15) is 0 Å². The number of rotatable bonds is 6.